The van der Waals surface area contributed by atoms with E-state index in [1.54, 1.807) is 24.4 Å². The van der Waals surface area contributed by atoms with Gasteiger partial charge in [0.05, 0.1) is 17.1 Å². The SMILES string of the molecule is CN1CCc2ccc(Nc3nccc(-c4c(-c5cccc(N(C)C(=O)c6c(F)cccc6F)c5)nc5ccccn45)n3)cc2C1. The third-order valence-electron chi connectivity index (χ3n) is 8.08. The zero-order valence-electron chi connectivity index (χ0n) is 24.7. The zero-order chi connectivity index (χ0) is 31.1. The third kappa shape index (κ3) is 5.40. The van der Waals surface area contributed by atoms with E-state index in [2.05, 4.69) is 40.4 Å². The van der Waals surface area contributed by atoms with Crippen LogP contribution in [0.25, 0.3) is 28.3 Å². The Bertz CT molecular complexity index is 2060. The van der Waals surface area contributed by atoms with Gasteiger partial charge in [-0.2, -0.15) is 0 Å². The van der Waals surface area contributed by atoms with Gasteiger partial charge in [0.15, 0.2) is 0 Å². The molecule has 0 radical (unpaired) electrons. The summed E-state index contributed by atoms with van der Waals surface area (Å²) in [5, 5.41) is 3.36. The number of nitrogens with zero attached hydrogens (tertiary/aromatic N) is 6. The molecule has 0 unspecified atom stereocenters. The summed E-state index contributed by atoms with van der Waals surface area (Å²) < 4.78 is 30.8. The highest BCUT2D eigenvalue weighted by Crippen LogP contribution is 2.34. The highest BCUT2D eigenvalue weighted by molar-refractivity contribution is 6.06. The zero-order valence-corrected chi connectivity index (χ0v) is 24.7. The number of pyridine rings is 1. The number of hydrogen-bond donors (Lipinski definition) is 1. The van der Waals surface area contributed by atoms with Crippen LogP contribution in [0.5, 0.6) is 0 Å². The fourth-order valence-electron chi connectivity index (χ4n) is 5.75. The number of anilines is 3. The molecular formula is C35H29F2N7O. The second kappa shape index (κ2) is 11.5. The van der Waals surface area contributed by atoms with Gasteiger partial charge in [0, 0.05) is 49.5 Å². The third-order valence-corrected chi connectivity index (χ3v) is 8.08. The summed E-state index contributed by atoms with van der Waals surface area (Å²) in [5.74, 6) is -2.18. The molecule has 45 heavy (non-hydrogen) atoms. The summed E-state index contributed by atoms with van der Waals surface area (Å²) in [6, 6.07) is 24.4. The molecule has 1 N–H and O–H groups in total. The number of nitrogens with one attached hydrogen (secondary N) is 1. The van der Waals surface area contributed by atoms with Crippen molar-refractivity contribution in [3.63, 3.8) is 0 Å². The van der Waals surface area contributed by atoms with Gasteiger partial charge in [0.25, 0.3) is 5.91 Å². The van der Waals surface area contributed by atoms with E-state index in [4.69, 9.17) is 9.97 Å². The fourth-order valence-corrected chi connectivity index (χ4v) is 5.75. The van der Waals surface area contributed by atoms with Crippen LogP contribution in [0.2, 0.25) is 0 Å². The van der Waals surface area contributed by atoms with Crippen LogP contribution in [0.4, 0.5) is 26.1 Å². The standard InChI is InChI=1S/C35H29F2N7O/c1-42-18-15-22-12-13-25(19-24(22)21-42)39-35-38-16-14-29(40-35)33-32(41-30-11-3-4-17-44(30)33)23-7-5-8-26(20-23)43(2)34(45)31-27(36)9-6-10-28(31)37/h3-14,16-17,19-20H,15,18,21H2,1-2H3,(H,38,39,40). The molecule has 1 aliphatic rings. The summed E-state index contributed by atoms with van der Waals surface area (Å²) in [4.78, 5) is 31.0. The summed E-state index contributed by atoms with van der Waals surface area (Å²) in [7, 11) is 3.61. The minimum Gasteiger partial charge on any atom is -0.324 e. The molecule has 7 rings (SSSR count). The Balaban J connectivity index is 1.26. The Hall–Kier alpha value is -5.48. The maximum Gasteiger partial charge on any atom is 0.263 e. The van der Waals surface area contributed by atoms with Crippen molar-refractivity contribution in [2.75, 3.05) is 30.9 Å². The molecule has 224 valence electrons. The van der Waals surface area contributed by atoms with Gasteiger partial charge in [-0.15, -0.1) is 0 Å². The lowest BCUT2D eigenvalue weighted by atomic mass is 9.99. The Morgan fingerprint density at radius 1 is 0.911 bits per heavy atom. The van der Waals surface area contributed by atoms with E-state index in [-0.39, 0.29) is 0 Å². The predicted octanol–water partition coefficient (Wildman–Crippen LogP) is 6.74. The molecule has 0 atom stereocenters. The number of fused-ring (bicyclic) bond motifs is 2. The monoisotopic (exact) mass is 601 g/mol. The van der Waals surface area contributed by atoms with Crippen LogP contribution in [-0.4, -0.2) is 50.8 Å². The summed E-state index contributed by atoms with van der Waals surface area (Å²) >= 11 is 0. The quantitative estimate of drug-likeness (QED) is 0.228. The average molecular weight is 602 g/mol. The molecular weight excluding hydrogens is 572 g/mol. The van der Waals surface area contributed by atoms with Crippen molar-refractivity contribution >= 4 is 28.9 Å². The van der Waals surface area contributed by atoms with E-state index >= 15 is 0 Å². The Labute approximate surface area is 258 Å². The Morgan fingerprint density at radius 2 is 1.73 bits per heavy atom. The van der Waals surface area contributed by atoms with Gasteiger partial charge in [-0.05, 0) is 79.2 Å². The van der Waals surface area contributed by atoms with Gasteiger partial charge in [0.1, 0.15) is 22.8 Å². The number of imidazole rings is 1. The lowest BCUT2D eigenvalue weighted by Gasteiger charge is -2.25. The molecule has 10 heteroatoms. The molecule has 0 aliphatic carbocycles. The molecule has 0 saturated carbocycles. The van der Waals surface area contributed by atoms with E-state index in [9.17, 15) is 13.6 Å². The maximum absolute atomic E-state index is 14.4. The van der Waals surface area contributed by atoms with Crippen LogP contribution < -0.4 is 10.2 Å². The smallest absolute Gasteiger partial charge is 0.263 e. The summed E-state index contributed by atoms with van der Waals surface area (Å²) in [5.41, 5.74) is 6.80. The normalized spacial score (nSPS) is 13.1. The second-order valence-corrected chi connectivity index (χ2v) is 11.1. The number of benzene rings is 3. The highest BCUT2D eigenvalue weighted by atomic mass is 19.1. The molecule has 0 spiro atoms. The fraction of sp³-hybridized carbons (Fsp3) is 0.143. The number of carbonyl (C=O) groups excluding carboxylic acids is 1. The van der Waals surface area contributed by atoms with Crippen molar-refractivity contribution < 1.29 is 13.6 Å². The van der Waals surface area contributed by atoms with Crippen LogP contribution >= 0.6 is 0 Å². The van der Waals surface area contributed by atoms with Gasteiger partial charge in [-0.25, -0.2) is 23.7 Å². The van der Waals surface area contributed by atoms with E-state index in [0.717, 1.165) is 43.0 Å². The number of amides is 1. The molecule has 4 heterocycles. The van der Waals surface area contributed by atoms with Crippen molar-refractivity contribution in [2.45, 2.75) is 13.0 Å². The first kappa shape index (κ1) is 28.3. The Kier molecular flexibility index (Phi) is 7.26. The van der Waals surface area contributed by atoms with Crippen LogP contribution in [-0.2, 0) is 13.0 Å². The molecule has 6 aromatic rings. The average Bonchev–Trinajstić information content (AvgIpc) is 3.44. The summed E-state index contributed by atoms with van der Waals surface area (Å²) in [6.07, 6.45) is 4.64. The van der Waals surface area contributed by atoms with Crippen molar-refractivity contribution in [2.24, 2.45) is 0 Å². The van der Waals surface area contributed by atoms with Gasteiger partial charge in [-0.3, -0.25) is 9.20 Å². The number of halogens is 2. The number of aromatic nitrogens is 4. The number of likely N-dealkylation sites (N-methyl/N-ethyl adjacent to an activating group) is 1. The van der Waals surface area contributed by atoms with Gasteiger partial charge in [0.2, 0.25) is 5.95 Å². The first-order chi connectivity index (χ1) is 21.9. The molecule has 3 aromatic heterocycles. The molecule has 1 amide bonds. The molecule has 8 nitrogen and oxygen atoms in total. The van der Waals surface area contributed by atoms with Crippen molar-refractivity contribution in [1.82, 2.24) is 24.3 Å². The summed E-state index contributed by atoms with van der Waals surface area (Å²) in [6.45, 7) is 1.94. The molecule has 3 aromatic carbocycles. The predicted molar refractivity (Wildman–Crippen MR) is 171 cm³/mol. The first-order valence-electron chi connectivity index (χ1n) is 14.6. The molecule has 0 saturated heterocycles. The molecule has 0 bridgehead atoms. The Morgan fingerprint density at radius 3 is 2.58 bits per heavy atom. The van der Waals surface area contributed by atoms with E-state index in [0.29, 0.717) is 34.2 Å². The minimum absolute atomic E-state index is 0.444. The van der Waals surface area contributed by atoms with Gasteiger partial charge >= 0.3 is 0 Å². The van der Waals surface area contributed by atoms with Crippen molar-refractivity contribution in [1.29, 1.82) is 0 Å². The van der Waals surface area contributed by atoms with Crippen LogP contribution in [0.15, 0.2) is 97.3 Å². The van der Waals surface area contributed by atoms with Gasteiger partial charge in [-0.1, -0.05) is 30.3 Å². The second-order valence-electron chi connectivity index (χ2n) is 11.1. The lowest BCUT2D eigenvalue weighted by Crippen LogP contribution is -2.28. The largest absolute Gasteiger partial charge is 0.324 e. The highest BCUT2D eigenvalue weighted by Gasteiger charge is 2.23. The van der Waals surface area contributed by atoms with E-state index in [1.165, 1.54) is 29.1 Å². The number of hydrogen-bond acceptors (Lipinski definition) is 6. The van der Waals surface area contributed by atoms with Crippen LogP contribution in [0.1, 0.15) is 21.5 Å². The molecule has 0 fully saturated rings. The minimum atomic E-state index is -0.915. The molecule has 1 aliphatic heterocycles. The van der Waals surface area contributed by atoms with Crippen molar-refractivity contribution in [3.05, 3.63) is 126 Å². The van der Waals surface area contributed by atoms with Gasteiger partial charge < -0.3 is 15.1 Å². The van der Waals surface area contributed by atoms with Crippen molar-refractivity contribution in [3.8, 4) is 22.6 Å². The lowest BCUT2D eigenvalue weighted by molar-refractivity contribution is 0.0985. The topological polar surface area (TPSA) is 78.7 Å². The van der Waals surface area contributed by atoms with E-state index in [1.807, 2.05) is 40.9 Å². The number of carbonyl (C=O) groups is 1. The first-order valence-corrected chi connectivity index (χ1v) is 14.6. The number of rotatable bonds is 6. The van der Waals surface area contributed by atoms with Crippen LogP contribution in [0, 0.1) is 11.6 Å². The maximum atomic E-state index is 14.4. The van der Waals surface area contributed by atoms with E-state index < -0.39 is 23.1 Å². The van der Waals surface area contributed by atoms with Crippen LogP contribution in [0.3, 0.4) is 0 Å².